The SMILES string of the molecule is CCCCCCC(CO)(CCCC)C(O)C(C)C. The van der Waals surface area contributed by atoms with Crippen LogP contribution in [0.1, 0.15) is 79.1 Å². The van der Waals surface area contributed by atoms with Crippen molar-refractivity contribution >= 4 is 0 Å². The Hall–Kier alpha value is -0.0800. The highest BCUT2D eigenvalue weighted by molar-refractivity contribution is 4.87. The van der Waals surface area contributed by atoms with E-state index in [4.69, 9.17) is 0 Å². The van der Waals surface area contributed by atoms with E-state index in [2.05, 4.69) is 13.8 Å². The average Bonchev–Trinajstić information content (AvgIpc) is 2.37. The highest BCUT2D eigenvalue weighted by Gasteiger charge is 2.37. The van der Waals surface area contributed by atoms with Gasteiger partial charge in [0.2, 0.25) is 0 Å². The second-order valence-corrected chi connectivity index (χ2v) is 6.12. The van der Waals surface area contributed by atoms with Crippen LogP contribution >= 0.6 is 0 Å². The van der Waals surface area contributed by atoms with Gasteiger partial charge in [-0.1, -0.05) is 66.2 Å². The molecule has 2 unspecified atom stereocenters. The predicted molar refractivity (Wildman–Crippen MR) is 78.6 cm³/mol. The summed E-state index contributed by atoms with van der Waals surface area (Å²) in [4.78, 5) is 0. The van der Waals surface area contributed by atoms with Gasteiger partial charge in [0, 0.05) is 5.41 Å². The number of hydrogen-bond donors (Lipinski definition) is 2. The summed E-state index contributed by atoms with van der Waals surface area (Å²) in [6.07, 6.45) is 8.59. The lowest BCUT2D eigenvalue weighted by Gasteiger charge is -2.39. The summed E-state index contributed by atoms with van der Waals surface area (Å²) >= 11 is 0. The Bertz CT molecular complexity index is 192. The molecule has 18 heavy (non-hydrogen) atoms. The highest BCUT2D eigenvalue weighted by atomic mass is 16.3. The second-order valence-electron chi connectivity index (χ2n) is 6.12. The van der Waals surface area contributed by atoms with E-state index in [1.54, 1.807) is 0 Å². The summed E-state index contributed by atoms with van der Waals surface area (Å²) in [5.41, 5.74) is -0.266. The molecule has 0 aromatic heterocycles. The van der Waals surface area contributed by atoms with E-state index in [1.807, 2.05) is 13.8 Å². The summed E-state index contributed by atoms with van der Waals surface area (Å²) < 4.78 is 0. The molecule has 0 spiro atoms. The van der Waals surface area contributed by atoms with Crippen LogP contribution in [0.25, 0.3) is 0 Å². The van der Waals surface area contributed by atoms with E-state index in [0.29, 0.717) is 0 Å². The Morgan fingerprint density at radius 3 is 1.89 bits per heavy atom. The topological polar surface area (TPSA) is 40.5 Å². The van der Waals surface area contributed by atoms with Crippen LogP contribution in [-0.2, 0) is 0 Å². The second kappa shape index (κ2) is 9.80. The molecule has 0 radical (unpaired) electrons. The smallest absolute Gasteiger partial charge is 0.0641 e. The molecule has 0 aliphatic carbocycles. The summed E-state index contributed by atoms with van der Waals surface area (Å²) in [5, 5.41) is 20.3. The van der Waals surface area contributed by atoms with E-state index in [0.717, 1.165) is 32.1 Å². The minimum absolute atomic E-state index is 0.123. The molecule has 0 fully saturated rings. The molecule has 110 valence electrons. The van der Waals surface area contributed by atoms with Gasteiger partial charge in [0.15, 0.2) is 0 Å². The molecular weight excluding hydrogens is 224 g/mol. The third-order valence-electron chi connectivity index (χ3n) is 4.13. The molecule has 0 aliphatic heterocycles. The van der Waals surface area contributed by atoms with Gasteiger partial charge in [0.05, 0.1) is 12.7 Å². The van der Waals surface area contributed by atoms with E-state index >= 15 is 0 Å². The lowest BCUT2D eigenvalue weighted by Crippen LogP contribution is -2.42. The molecule has 0 saturated heterocycles. The van der Waals surface area contributed by atoms with E-state index < -0.39 is 0 Å². The highest BCUT2D eigenvalue weighted by Crippen LogP contribution is 2.37. The Labute approximate surface area is 114 Å². The Balaban J connectivity index is 4.54. The van der Waals surface area contributed by atoms with Crippen LogP contribution in [0.5, 0.6) is 0 Å². The molecule has 0 bridgehead atoms. The van der Waals surface area contributed by atoms with Gasteiger partial charge in [0.25, 0.3) is 0 Å². The molecule has 2 heteroatoms. The largest absolute Gasteiger partial charge is 0.396 e. The molecule has 2 nitrogen and oxygen atoms in total. The molecule has 0 heterocycles. The maximum Gasteiger partial charge on any atom is 0.0641 e. The number of aliphatic hydroxyl groups is 2. The normalized spacial score (nSPS) is 16.8. The first-order valence-electron chi connectivity index (χ1n) is 7.83. The van der Waals surface area contributed by atoms with Crippen molar-refractivity contribution in [1.29, 1.82) is 0 Å². The summed E-state index contributed by atoms with van der Waals surface area (Å²) in [6.45, 7) is 8.60. The van der Waals surface area contributed by atoms with Crippen LogP contribution in [-0.4, -0.2) is 22.9 Å². The maximum absolute atomic E-state index is 10.5. The summed E-state index contributed by atoms with van der Waals surface area (Å²) in [6, 6.07) is 0. The quantitative estimate of drug-likeness (QED) is 0.547. The minimum atomic E-state index is -0.379. The minimum Gasteiger partial charge on any atom is -0.396 e. The average molecular weight is 258 g/mol. The molecule has 0 saturated carbocycles. The van der Waals surface area contributed by atoms with Gasteiger partial charge in [-0.2, -0.15) is 0 Å². The molecule has 0 aliphatic rings. The summed E-state index contributed by atoms with van der Waals surface area (Å²) in [7, 11) is 0. The van der Waals surface area contributed by atoms with Crippen LogP contribution in [0.2, 0.25) is 0 Å². The number of aliphatic hydroxyl groups excluding tert-OH is 2. The Kier molecular flexibility index (Phi) is 9.76. The first kappa shape index (κ1) is 17.9. The first-order valence-corrected chi connectivity index (χ1v) is 7.83. The third-order valence-corrected chi connectivity index (χ3v) is 4.13. The summed E-state index contributed by atoms with van der Waals surface area (Å²) in [5.74, 6) is 0.222. The van der Waals surface area contributed by atoms with Crippen LogP contribution in [0.4, 0.5) is 0 Å². The van der Waals surface area contributed by atoms with Gasteiger partial charge in [-0.05, 0) is 18.8 Å². The van der Waals surface area contributed by atoms with Crippen molar-refractivity contribution in [2.24, 2.45) is 11.3 Å². The Morgan fingerprint density at radius 2 is 1.44 bits per heavy atom. The van der Waals surface area contributed by atoms with Crippen molar-refractivity contribution in [2.75, 3.05) is 6.61 Å². The predicted octanol–water partition coefficient (Wildman–Crippen LogP) is 4.14. The van der Waals surface area contributed by atoms with Gasteiger partial charge in [0.1, 0.15) is 0 Å². The zero-order chi connectivity index (χ0) is 14.0. The number of unbranched alkanes of at least 4 members (excludes halogenated alkanes) is 4. The maximum atomic E-state index is 10.5. The zero-order valence-corrected chi connectivity index (χ0v) is 12.9. The zero-order valence-electron chi connectivity index (χ0n) is 12.9. The number of rotatable bonds is 11. The Morgan fingerprint density at radius 1 is 0.889 bits per heavy atom. The van der Waals surface area contributed by atoms with Crippen LogP contribution in [0.15, 0.2) is 0 Å². The van der Waals surface area contributed by atoms with Crippen molar-refractivity contribution in [1.82, 2.24) is 0 Å². The van der Waals surface area contributed by atoms with Gasteiger partial charge in [-0.15, -0.1) is 0 Å². The molecule has 2 N–H and O–H groups in total. The van der Waals surface area contributed by atoms with Crippen molar-refractivity contribution in [3.8, 4) is 0 Å². The first-order chi connectivity index (χ1) is 8.54. The molecule has 0 rings (SSSR count). The number of hydrogen-bond acceptors (Lipinski definition) is 2. The van der Waals surface area contributed by atoms with Gasteiger partial charge in [-0.25, -0.2) is 0 Å². The van der Waals surface area contributed by atoms with E-state index in [-0.39, 0.29) is 24.0 Å². The lowest BCUT2D eigenvalue weighted by atomic mass is 9.71. The van der Waals surface area contributed by atoms with Crippen molar-refractivity contribution in [2.45, 2.75) is 85.2 Å². The van der Waals surface area contributed by atoms with Crippen molar-refractivity contribution in [3.05, 3.63) is 0 Å². The molecule has 0 aromatic carbocycles. The van der Waals surface area contributed by atoms with E-state index in [9.17, 15) is 10.2 Å². The van der Waals surface area contributed by atoms with Crippen molar-refractivity contribution < 1.29 is 10.2 Å². The fraction of sp³-hybridized carbons (Fsp3) is 1.00. The van der Waals surface area contributed by atoms with Crippen molar-refractivity contribution in [3.63, 3.8) is 0 Å². The molecule has 0 amide bonds. The standard InChI is InChI=1S/C16H34O2/c1-5-7-9-10-12-16(13-17,11-8-6-2)15(18)14(3)4/h14-15,17-18H,5-13H2,1-4H3. The molecule has 0 aromatic rings. The molecular formula is C16H34O2. The third kappa shape index (κ3) is 5.71. The molecule has 2 atom stereocenters. The monoisotopic (exact) mass is 258 g/mol. The fourth-order valence-electron chi connectivity index (χ4n) is 2.81. The fourth-order valence-corrected chi connectivity index (χ4v) is 2.81. The lowest BCUT2D eigenvalue weighted by molar-refractivity contribution is -0.0569. The van der Waals surface area contributed by atoms with Crippen LogP contribution in [0, 0.1) is 11.3 Å². The van der Waals surface area contributed by atoms with Crippen LogP contribution in [0.3, 0.4) is 0 Å². The van der Waals surface area contributed by atoms with E-state index in [1.165, 1.54) is 19.3 Å². The van der Waals surface area contributed by atoms with Gasteiger partial charge in [-0.3, -0.25) is 0 Å². The van der Waals surface area contributed by atoms with Gasteiger partial charge >= 0.3 is 0 Å². The van der Waals surface area contributed by atoms with Crippen LogP contribution < -0.4 is 0 Å². The van der Waals surface area contributed by atoms with Gasteiger partial charge < -0.3 is 10.2 Å².